The number of aromatic nitrogens is 1. The molecule has 0 N–H and O–H groups in total. The van der Waals surface area contributed by atoms with E-state index >= 15 is 0 Å². The summed E-state index contributed by atoms with van der Waals surface area (Å²) < 4.78 is 6.59. The molecule has 2 aromatic carbocycles. The summed E-state index contributed by atoms with van der Waals surface area (Å²) in [7, 11) is 4.00. The predicted octanol–water partition coefficient (Wildman–Crippen LogP) is 4.35. The third-order valence-electron chi connectivity index (χ3n) is 5.89. The van der Waals surface area contributed by atoms with E-state index in [4.69, 9.17) is 9.72 Å². The molecule has 4 rings (SSSR count). The monoisotopic (exact) mass is 452 g/mol. The van der Waals surface area contributed by atoms with Gasteiger partial charge in [-0.2, -0.15) is 0 Å². The van der Waals surface area contributed by atoms with E-state index in [-0.39, 0.29) is 5.91 Å². The number of carbonyl (C=O) groups is 1. The molecule has 170 valence electrons. The minimum absolute atomic E-state index is 0.00529. The molecule has 32 heavy (non-hydrogen) atoms. The molecule has 1 amide bonds. The normalized spacial score (nSPS) is 14.6. The molecule has 0 saturated carbocycles. The van der Waals surface area contributed by atoms with Crippen LogP contribution < -0.4 is 9.80 Å². The number of nitrogens with zero attached hydrogens (tertiary/aromatic N) is 4. The van der Waals surface area contributed by atoms with E-state index in [0.29, 0.717) is 12.1 Å². The fraction of sp³-hybridized carbons (Fsp3) is 0.440. The van der Waals surface area contributed by atoms with Crippen LogP contribution in [0, 0.1) is 13.8 Å². The maximum atomic E-state index is 13.6. The maximum Gasteiger partial charge on any atom is 0.260 e. The fourth-order valence-electron chi connectivity index (χ4n) is 4.09. The van der Waals surface area contributed by atoms with Crippen LogP contribution in [0.15, 0.2) is 36.4 Å². The molecule has 1 saturated heterocycles. The van der Waals surface area contributed by atoms with Crippen molar-refractivity contribution < 1.29 is 9.53 Å². The smallest absolute Gasteiger partial charge is 0.260 e. The van der Waals surface area contributed by atoms with Crippen LogP contribution in [-0.4, -0.2) is 69.3 Å². The number of amides is 1. The van der Waals surface area contributed by atoms with E-state index < -0.39 is 0 Å². The van der Waals surface area contributed by atoms with E-state index in [9.17, 15) is 4.79 Å². The van der Waals surface area contributed by atoms with Crippen LogP contribution in [0.3, 0.4) is 0 Å². The first kappa shape index (κ1) is 22.7. The molecule has 0 spiro atoms. The SMILES string of the molecule is Cc1cc(C)c2nc(N(CCCN3CCOCC3)C(=O)c3ccc(N(C)C)cc3)sc2c1. The van der Waals surface area contributed by atoms with Crippen LogP contribution in [-0.2, 0) is 4.74 Å². The van der Waals surface area contributed by atoms with Crippen LogP contribution in [0.4, 0.5) is 10.8 Å². The van der Waals surface area contributed by atoms with E-state index in [2.05, 4.69) is 30.9 Å². The first-order valence-electron chi connectivity index (χ1n) is 11.2. The minimum atomic E-state index is 0.00529. The first-order valence-corrected chi connectivity index (χ1v) is 12.0. The van der Waals surface area contributed by atoms with Crippen molar-refractivity contribution in [3.63, 3.8) is 0 Å². The third kappa shape index (κ3) is 5.11. The summed E-state index contributed by atoms with van der Waals surface area (Å²) in [5.74, 6) is 0.00529. The number of morpholine rings is 1. The molecule has 2 heterocycles. The lowest BCUT2D eigenvalue weighted by Gasteiger charge is -2.27. The Morgan fingerprint density at radius 1 is 1.12 bits per heavy atom. The van der Waals surface area contributed by atoms with Gasteiger partial charge in [0.25, 0.3) is 5.91 Å². The van der Waals surface area contributed by atoms with Gasteiger partial charge in [0.05, 0.1) is 23.4 Å². The van der Waals surface area contributed by atoms with Gasteiger partial charge < -0.3 is 9.64 Å². The van der Waals surface area contributed by atoms with E-state index in [1.807, 2.05) is 48.2 Å². The molecule has 1 aliphatic heterocycles. The zero-order valence-electron chi connectivity index (χ0n) is 19.4. The number of thiazole rings is 1. The van der Waals surface area contributed by atoms with Crippen molar-refractivity contribution in [2.75, 3.05) is 63.3 Å². The standard InChI is InChI=1S/C25H32N4O2S/c1-18-16-19(2)23-22(17-18)32-25(26-23)29(11-5-10-28-12-14-31-15-13-28)24(30)20-6-8-21(9-7-20)27(3)4/h6-9,16-17H,5,10-15H2,1-4H3. The molecule has 1 fully saturated rings. The zero-order chi connectivity index (χ0) is 22.7. The van der Waals surface area contributed by atoms with Crippen molar-refractivity contribution in [3.05, 3.63) is 53.1 Å². The molecule has 7 heteroatoms. The van der Waals surface area contributed by atoms with Crippen molar-refractivity contribution in [2.24, 2.45) is 0 Å². The highest BCUT2D eigenvalue weighted by atomic mass is 32.1. The highest BCUT2D eigenvalue weighted by Gasteiger charge is 2.22. The van der Waals surface area contributed by atoms with Crippen LogP contribution in [0.1, 0.15) is 27.9 Å². The number of hydrogen-bond acceptors (Lipinski definition) is 6. The summed E-state index contributed by atoms with van der Waals surface area (Å²) in [5.41, 5.74) is 5.12. The molecular formula is C25H32N4O2S. The topological polar surface area (TPSA) is 48.9 Å². The van der Waals surface area contributed by atoms with Gasteiger partial charge in [-0.25, -0.2) is 4.98 Å². The number of hydrogen-bond donors (Lipinski definition) is 0. The Hall–Kier alpha value is -2.48. The second kappa shape index (κ2) is 9.98. The van der Waals surface area contributed by atoms with Crippen molar-refractivity contribution >= 4 is 38.3 Å². The summed E-state index contributed by atoms with van der Waals surface area (Å²) in [4.78, 5) is 24.8. The molecule has 0 bridgehead atoms. The lowest BCUT2D eigenvalue weighted by molar-refractivity contribution is 0.0376. The first-order chi connectivity index (χ1) is 15.4. The zero-order valence-corrected chi connectivity index (χ0v) is 20.2. The molecule has 1 aromatic heterocycles. The number of aryl methyl sites for hydroxylation is 2. The van der Waals surface area contributed by atoms with E-state index in [1.165, 1.54) is 5.56 Å². The van der Waals surface area contributed by atoms with Gasteiger partial charge in [0.2, 0.25) is 0 Å². The Bertz CT molecular complexity index is 1070. The molecule has 0 aliphatic carbocycles. The molecule has 0 unspecified atom stereocenters. The van der Waals surface area contributed by atoms with Gasteiger partial charge in [-0.3, -0.25) is 14.6 Å². The average molecular weight is 453 g/mol. The second-order valence-electron chi connectivity index (χ2n) is 8.63. The number of rotatable bonds is 7. The molecule has 0 radical (unpaired) electrons. The molecule has 1 aliphatic rings. The van der Waals surface area contributed by atoms with E-state index in [1.54, 1.807) is 11.3 Å². The largest absolute Gasteiger partial charge is 0.379 e. The molecule has 0 atom stereocenters. The van der Waals surface area contributed by atoms with E-state index in [0.717, 1.165) is 65.9 Å². The lowest BCUT2D eigenvalue weighted by atomic mass is 10.1. The summed E-state index contributed by atoms with van der Waals surface area (Å²) in [6.45, 7) is 9.28. The Labute approximate surface area is 194 Å². The summed E-state index contributed by atoms with van der Waals surface area (Å²) in [6.07, 6.45) is 0.898. The highest BCUT2D eigenvalue weighted by molar-refractivity contribution is 7.22. The van der Waals surface area contributed by atoms with Crippen molar-refractivity contribution in [1.82, 2.24) is 9.88 Å². The van der Waals surface area contributed by atoms with Crippen LogP contribution in [0.5, 0.6) is 0 Å². The van der Waals surface area contributed by atoms with Gasteiger partial charge in [0.15, 0.2) is 5.13 Å². The quantitative estimate of drug-likeness (QED) is 0.533. The van der Waals surface area contributed by atoms with Gasteiger partial charge in [0.1, 0.15) is 0 Å². The average Bonchev–Trinajstić information content (AvgIpc) is 3.21. The summed E-state index contributed by atoms with van der Waals surface area (Å²) >= 11 is 1.60. The predicted molar refractivity (Wildman–Crippen MR) is 133 cm³/mol. The van der Waals surface area contributed by atoms with Crippen molar-refractivity contribution in [3.8, 4) is 0 Å². The van der Waals surface area contributed by atoms with Crippen molar-refractivity contribution in [2.45, 2.75) is 20.3 Å². The molecular weight excluding hydrogens is 420 g/mol. The van der Waals surface area contributed by atoms with Gasteiger partial charge in [0, 0.05) is 51.5 Å². The van der Waals surface area contributed by atoms with Crippen LogP contribution in [0.25, 0.3) is 10.2 Å². The van der Waals surface area contributed by atoms with Gasteiger partial charge >= 0.3 is 0 Å². The lowest BCUT2D eigenvalue weighted by Crippen LogP contribution is -2.39. The fourth-order valence-corrected chi connectivity index (χ4v) is 5.26. The number of anilines is 2. The number of carbonyl (C=O) groups excluding carboxylic acids is 1. The minimum Gasteiger partial charge on any atom is -0.379 e. The van der Waals surface area contributed by atoms with Gasteiger partial charge in [-0.15, -0.1) is 0 Å². The highest BCUT2D eigenvalue weighted by Crippen LogP contribution is 2.32. The molecule has 3 aromatic rings. The number of ether oxygens (including phenoxy) is 1. The Morgan fingerprint density at radius 2 is 1.84 bits per heavy atom. The summed E-state index contributed by atoms with van der Waals surface area (Å²) in [5, 5.41) is 0.775. The number of benzene rings is 2. The van der Waals surface area contributed by atoms with Crippen molar-refractivity contribution in [1.29, 1.82) is 0 Å². The van der Waals surface area contributed by atoms with Gasteiger partial charge in [-0.1, -0.05) is 17.4 Å². The van der Waals surface area contributed by atoms with Gasteiger partial charge in [-0.05, 0) is 61.7 Å². The summed E-state index contributed by atoms with van der Waals surface area (Å²) in [6, 6.07) is 12.1. The molecule has 6 nitrogen and oxygen atoms in total. The Morgan fingerprint density at radius 3 is 2.53 bits per heavy atom. The maximum absolute atomic E-state index is 13.6. The Kier molecular flexibility index (Phi) is 7.08. The number of fused-ring (bicyclic) bond motifs is 1. The van der Waals surface area contributed by atoms with Crippen LogP contribution in [0.2, 0.25) is 0 Å². The third-order valence-corrected chi connectivity index (χ3v) is 6.91. The second-order valence-corrected chi connectivity index (χ2v) is 9.64. The van der Waals surface area contributed by atoms with Crippen LogP contribution >= 0.6 is 11.3 Å². The Balaban J connectivity index is 1.59.